The molecule has 1 unspecified atom stereocenters. The third-order valence-electron chi connectivity index (χ3n) is 11.6. The molecule has 4 fully saturated rings. The largest absolute Gasteiger partial charge is 1.00 e. The first kappa shape index (κ1) is 37.9. The molecular formula is C39H56BrN3O6. The van der Waals surface area contributed by atoms with Gasteiger partial charge in [-0.25, -0.2) is 0 Å². The molecule has 2 bridgehead atoms. The molecule has 4 atom stereocenters. The minimum Gasteiger partial charge on any atom is -1.00 e. The summed E-state index contributed by atoms with van der Waals surface area (Å²) in [6.45, 7) is 8.07. The van der Waals surface area contributed by atoms with E-state index in [4.69, 9.17) is 9.47 Å². The Morgan fingerprint density at radius 2 is 1.78 bits per heavy atom. The predicted molar refractivity (Wildman–Crippen MR) is 188 cm³/mol. The number of H-pyrrole nitrogens is 1. The minimum absolute atomic E-state index is 0. The molecule has 1 saturated carbocycles. The number of hydrogen-bond donors (Lipinski definition) is 5. The minimum atomic E-state index is -0.913. The molecule has 7 rings (SSSR count). The number of phenolic OH excluding ortho intramolecular Hbond substituents is 1. The molecule has 0 spiro atoms. The number of piperidine rings is 3. The second kappa shape index (κ2) is 17.3. The molecule has 3 aliphatic heterocycles. The first-order valence-corrected chi connectivity index (χ1v) is 18.4. The number of nitrogens with one attached hydrogen (secondary N) is 2. The molecule has 2 aromatic carbocycles. The van der Waals surface area contributed by atoms with Crippen molar-refractivity contribution in [3.8, 4) is 5.75 Å². The van der Waals surface area contributed by atoms with E-state index in [0.29, 0.717) is 42.1 Å². The fourth-order valence-corrected chi connectivity index (χ4v) is 8.71. The number of aromatic amines is 1. The van der Waals surface area contributed by atoms with E-state index in [0.717, 1.165) is 61.7 Å². The van der Waals surface area contributed by atoms with Gasteiger partial charge in [-0.1, -0.05) is 62.6 Å². The van der Waals surface area contributed by atoms with Crippen molar-refractivity contribution in [2.75, 3.05) is 45.9 Å². The van der Waals surface area contributed by atoms with Crippen molar-refractivity contribution in [3.63, 3.8) is 0 Å². The molecule has 1 aromatic heterocycles. The number of aliphatic hydroxyl groups is 2. The van der Waals surface area contributed by atoms with Crippen LogP contribution in [0.25, 0.3) is 10.9 Å². The maximum absolute atomic E-state index is 12.0. The van der Waals surface area contributed by atoms with Gasteiger partial charge in [0.1, 0.15) is 30.2 Å². The van der Waals surface area contributed by atoms with Gasteiger partial charge in [-0.3, -0.25) is 10.1 Å². The number of aromatic nitrogens is 1. The molecule has 1 aliphatic carbocycles. The van der Waals surface area contributed by atoms with E-state index in [1.807, 2.05) is 18.2 Å². The van der Waals surface area contributed by atoms with Crippen LogP contribution in [0, 0.1) is 11.8 Å². The lowest BCUT2D eigenvalue weighted by atomic mass is 9.80. The molecular weight excluding hydrogens is 686 g/mol. The molecule has 9 nitrogen and oxygen atoms in total. The number of aliphatic hydroxyl groups excluding tert-OH is 1. The van der Waals surface area contributed by atoms with E-state index in [1.165, 1.54) is 50.9 Å². The lowest BCUT2D eigenvalue weighted by Gasteiger charge is -2.53. The number of pyridine rings is 1. The van der Waals surface area contributed by atoms with Crippen LogP contribution in [-0.4, -0.2) is 83.1 Å². The summed E-state index contributed by atoms with van der Waals surface area (Å²) >= 11 is 0. The Morgan fingerprint density at radius 3 is 2.51 bits per heavy atom. The van der Waals surface area contributed by atoms with Gasteiger partial charge in [0, 0.05) is 43.4 Å². The van der Waals surface area contributed by atoms with Gasteiger partial charge >= 0.3 is 0 Å². The first-order valence-electron chi connectivity index (χ1n) is 18.4. The summed E-state index contributed by atoms with van der Waals surface area (Å²) in [5, 5.41) is 37.2. The Balaban J connectivity index is 0.00000468. The Bertz CT molecular complexity index is 1520. The molecule has 0 amide bonds. The third kappa shape index (κ3) is 8.95. The highest BCUT2D eigenvalue weighted by Gasteiger charge is 2.48. The van der Waals surface area contributed by atoms with E-state index in [1.54, 1.807) is 12.1 Å². The average Bonchev–Trinajstić information content (AvgIpc) is 3.67. The highest BCUT2D eigenvalue weighted by molar-refractivity contribution is 5.87. The van der Waals surface area contributed by atoms with Crippen molar-refractivity contribution in [1.29, 1.82) is 0 Å². The third-order valence-corrected chi connectivity index (χ3v) is 11.6. The lowest BCUT2D eigenvalue weighted by molar-refractivity contribution is -0.946. The zero-order chi connectivity index (χ0) is 33.6. The Kier molecular flexibility index (Phi) is 13.4. The van der Waals surface area contributed by atoms with Gasteiger partial charge in [0.15, 0.2) is 0 Å². The summed E-state index contributed by atoms with van der Waals surface area (Å²) in [5.41, 5.74) is 0.766. The quantitative estimate of drug-likeness (QED) is 0.0819. The summed E-state index contributed by atoms with van der Waals surface area (Å²) in [6, 6.07) is 16.5. The molecule has 0 radical (unpaired) electrons. The van der Waals surface area contributed by atoms with Crippen LogP contribution in [0.3, 0.4) is 0 Å². The van der Waals surface area contributed by atoms with Crippen molar-refractivity contribution < 1.29 is 46.3 Å². The number of aromatic hydroxyl groups is 1. The number of hydrogen-bond acceptors (Lipinski definition) is 7. The number of fused-ring (bicyclic) bond motifs is 4. The van der Waals surface area contributed by atoms with E-state index in [-0.39, 0.29) is 46.5 Å². The summed E-state index contributed by atoms with van der Waals surface area (Å²) in [4.78, 5) is 14.4. The zero-order valence-corrected chi connectivity index (χ0v) is 30.6. The molecule has 10 heteroatoms. The molecule has 49 heavy (non-hydrogen) atoms. The Morgan fingerprint density at radius 1 is 1.02 bits per heavy atom. The van der Waals surface area contributed by atoms with Gasteiger partial charge in [-0.15, -0.1) is 0 Å². The van der Waals surface area contributed by atoms with Crippen LogP contribution in [0.5, 0.6) is 5.75 Å². The molecule has 4 heterocycles. The van der Waals surface area contributed by atoms with Crippen LogP contribution in [0.4, 0.5) is 0 Å². The number of benzene rings is 2. The summed E-state index contributed by atoms with van der Waals surface area (Å²) in [5.74, 6) is 0.837. The summed E-state index contributed by atoms with van der Waals surface area (Å²) in [6.07, 6.45) is 10.0. The molecule has 270 valence electrons. The highest BCUT2D eigenvalue weighted by atomic mass is 79.9. The van der Waals surface area contributed by atoms with E-state index in [2.05, 4.69) is 29.4 Å². The Labute approximate surface area is 301 Å². The summed E-state index contributed by atoms with van der Waals surface area (Å²) < 4.78 is 14.1. The van der Waals surface area contributed by atoms with Gasteiger partial charge in [0.2, 0.25) is 5.56 Å². The number of rotatable bonds is 17. The lowest BCUT2D eigenvalue weighted by Crippen LogP contribution is -3.00. The van der Waals surface area contributed by atoms with Gasteiger partial charge in [-0.2, -0.15) is 0 Å². The number of ether oxygens (including phenoxy) is 2. The highest BCUT2D eigenvalue weighted by Crippen LogP contribution is 2.43. The van der Waals surface area contributed by atoms with Gasteiger partial charge < -0.3 is 51.2 Å². The first-order chi connectivity index (χ1) is 23.3. The van der Waals surface area contributed by atoms with Crippen molar-refractivity contribution in [2.24, 2.45) is 11.8 Å². The van der Waals surface area contributed by atoms with Gasteiger partial charge in [0.25, 0.3) is 0 Å². The molecule has 3 saturated heterocycles. The number of halogens is 1. The second-order valence-electron chi connectivity index (χ2n) is 14.7. The smallest absolute Gasteiger partial charge is 0.248 e. The maximum atomic E-state index is 12.0. The van der Waals surface area contributed by atoms with Crippen molar-refractivity contribution in [2.45, 2.75) is 95.2 Å². The fourth-order valence-electron chi connectivity index (χ4n) is 8.71. The van der Waals surface area contributed by atoms with Crippen LogP contribution < -0.4 is 27.9 Å². The van der Waals surface area contributed by atoms with Crippen molar-refractivity contribution >= 4 is 10.9 Å². The average molecular weight is 743 g/mol. The topological polar surface area (TPSA) is 124 Å². The van der Waals surface area contributed by atoms with Crippen molar-refractivity contribution in [3.05, 3.63) is 76.1 Å². The van der Waals surface area contributed by atoms with Crippen LogP contribution in [0.2, 0.25) is 0 Å². The van der Waals surface area contributed by atoms with E-state index in [9.17, 15) is 20.1 Å². The van der Waals surface area contributed by atoms with E-state index >= 15 is 0 Å². The number of phenols is 1. The van der Waals surface area contributed by atoms with Crippen LogP contribution >= 0.6 is 0 Å². The van der Waals surface area contributed by atoms with Crippen LogP contribution in [0.1, 0.15) is 88.4 Å². The van der Waals surface area contributed by atoms with Crippen LogP contribution in [-0.2, 0) is 15.1 Å². The SMILES string of the molecule is CCCC(NC[C@H](O)c1ccc(O)c2[nH]c(=O)ccc12)OCCCC[N+]12CCC(CC1)[C@@H](OC[C@@](O)(c1ccccc1)C1CCCC1)C2.[Br-]. The number of nitrogens with zero attached hydrogens (tertiary/aromatic N) is 1. The molecule has 3 aromatic rings. The summed E-state index contributed by atoms with van der Waals surface area (Å²) in [7, 11) is 0. The van der Waals surface area contributed by atoms with Gasteiger partial charge in [-0.05, 0) is 61.3 Å². The fraction of sp³-hybridized carbons (Fsp3) is 0.615. The monoisotopic (exact) mass is 741 g/mol. The maximum Gasteiger partial charge on any atom is 0.248 e. The zero-order valence-electron chi connectivity index (χ0n) is 29.0. The van der Waals surface area contributed by atoms with Gasteiger partial charge in [0.05, 0.1) is 37.9 Å². The van der Waals surface area contributed by atoms with E-state index < -0.39 is 11.7 Å². The Hall–Kier alpha value is -2.31. The molecule has 4 aliphatic rings. The number of quaternary nitrogens is 1. The standard InChI is InChI=1S/C39H55N3O6.BrH/c1-2-10-37(40-25-34(44)31-15-17-33(43)38-32(31)16-18-36(45)41-38)47-24-9-8-21-42-22-19-28(20-23-42)35(26-42)48-27-39(46,30-13-6-7-14-30)29-11-4-3-5-12-29;/h3-5,11-12,15-18,28,30,34-35,37,40,44,46H,2,6-10,13-14,19-27H2,1H3,(H-,41,43,45);1H/t28?,34-,35-,37?,39+,42?;/m0./s1. The number of unbranched alkanes of at least 4 members (excludes halogenated alkanes) is 1. The second-order valence-corrected chi connectivity index (χ2v) is 14.7. The normalized spacial score (nSPS) is 24.8. The van der Waals surface area contributed by atoms with Crippen LogP contribution in [0.15, 0.2) is 59.4 Å². The predicted octanol–water partition coefficient (Wildman–Crippen LogP) is 2.49. The van der Waals surface area contributed by atoms with Crippen molar-refractivity contribution in [1.82, 2.24) is 10.3 Å². The molecule has 5 N–H and O–H groups in total.